The van der Waals surface area contributed by atoms with Gasteiger partial charge in [-0.15, -0.1) is 0 Å². The summed E-state index contributed by atoms with van der Waals surface area (Å²) < 4.78 is 5.85. The van der Waals surface area contributed by atoms with Crippen LogP contribution >= 0.6 is 0 Å². The summed E-state index contributed by atoms with van der Waals surface area (Å²) in [6.45, 7) is 2.87. The molecule has 0 fully saturated rings. The van der Waals surface area contributed by atoms with Crippen molar-refractivity contribution in [2.24, 2.45) is 0 Å². The largest absolute Gasteiger partial charge is 0.487 e. The Morgan fingerprint density at radius 2 is 1.90 bits per heavy atom. The molecule has 8 heteroatoms. The molecule has 2 aromatic carbocycles. The van der Waals surface area contributed by atoms with Gasteiger partial charge in [0.1, 0.15) is 31.7 Å². The van der Waals surface area contributed by atoms with Gasteiger partial charge in [-0.25, -0.2) is 9.97 Å². The lowest BCUT2D eigenvalue weighted by Crippen LogP contribution is -2.26. The number of hydrogen-bond donors (Lipinski definition) is 3. The number of hydrogen-bond acceptors (Lipinski definition) is 5. The molecule has 0 aliphatic heterocycles. The fourth-order valence-electron chi connectivity index (χ4n) is 3.18. The molecule has 0 aliphatic carbocycles. The van der Waals surface area contributed by atoms with Crippen LogP contribution in [0.4, 0.5) is 5.82 Å². The summed E-state index contributed by atoms with van der Waals surface area (Å²) >= 11 is 0. The first-order valence-corrected chi connectivity index (χ1v) is 10.0. The minimum absolute atomic E-state index is 0.0674. The minimum Gasteiger partial charge on any atom is -0.487 e. The molecule has 0 saturated heterocycles. The number of nitrogens with one attached hydrogen (secondary N) is 3. The molecule has 4 rings (SSSR count). The molecule has 0 spiro atoms. The smallest absolute Gasteiger partial charge is 0.216 e. The van der Waals surface area contributed by atoms with E-state index in [1.165, 1.54) is 6.92 Å². The molecule has 0 saturated carbocycles. The van der Waals surface area contributed by atoms with Gasteiger partial charge in [0.15, 0.2) is 5.82 Å². The number of aromatic nitrogens is 3. The Kier molecular flexibility index (Phi) is 6.17. The maximum atomic E-state index is 11.1. The zero-order valence-electron chi connectivity index (χ0n) is 17.2. The van der Waals surface area contributed by atoms with Crippen LogP contribution in [0, 0.1) is 0 Å². The van der Waals surface area contributed by atoms with Crippen LogP contribution in [0.3, 0.4) is 0 Å². The van der Waals surface area contributed by atoms with Gasteiger partial charge in [0.2, 0.25) is 5.91 Å². The van der Waals surface area contributed by atoms with E-state index in [9.17, 15) is 4.79 Å². The van der Waals surface area contributed by atoms with Gasteiger partial charge in [-0.2, -0.15) is 0 Å². The Morgan fingerprint density at radius 1 is 1.06 bits per heavy atom. The molecule has 154 valence electrons. The third-order valence-electron chi connectivity index (χ3n) is 4.62. The van der Waals surface area contributed by atoms with Crippen molar-refractivity contribution < 1.29 is 9.53 Å². The first-order chi connectivity index (χ1) is 15.1. The summed E-state index contributed by atoms with van der Waals surface area (Å²) in [6, 6.07) is 19.1. The van der Waals surface area contributed by atoms with Crippen molar-refractivity contribution in [2.75, 3.05) is 18.4 Å². The average Bonchev–Trinajstić information content (AvgIpc) is 3.19. The van der Waals surface area contributed by atoms with E-state index in [4.69, 9.17) is 22.6 Å². The molecule has 2 radical (unpaired) electrons. The maximum Gasteiger partial charge on any atom is 0.216 e. The van der Waals surface area contributed by atoms with Crippen LogP contribution < -0.4 is 20.8 Å². The highest BCUT2D eigenvalue weighted by atomic mass is 16.5. The topological polar surface area (TPSA) is 91.9 Å². The van der Waals surface area contributed by atoms with Crippen molar-refractivity contribution >= 4 is 36.1 Å². The zero-order valence-corrected chi connectivity index (χ0v) is 17.2. The van der Waals surface area contributed by atoms with Gasteiger partial charge in [0.05, 0.1) is 11.1 Å². The van der Waals surface area contributed by atoms with Gasteiger partial charge < -0.3 is 20.4 Å². The maximum absolute atomic E-state index is 11.1. The van der Waals surface area contributed by atoms with E-state index in [1.54, 1.807) is 6.07 Å². The fourth-order valence-corrected chi connectivity index (χ4v) is 3.18. The van der Waals surface area contributed by atoms with Crippen LogP contribution in [0.5, 0.6) is 5.75 Å². The van der Waals surface area contributed by atoms with Crippen molar-refractivity contribution in [1.82, 2.24) is 20.3 Å². The molecule has 3 N–H and O–H groups in total. The second-order valence-corrected chi connectivity index (χ2v) is 7.09. The zero-order chi connectivity index (χ0) is 21.6. The number of ether oxygens (including phenoxy) is 1. The molecular weight excluding hydrogens is 389 g/mol. The molecule has 2 heterocycles. The van der Waals surface area contributed by atoms with E-state index in [1.807, 2.05) is 54.6 Å². The SMILES string of the molecule is [B]c1cccc(OCc2cc3c(NCCNC(C)=O)nc(-c4ccccc4)nc3[nH]2)c1. The summed E-state index contributed by atoms with van der Waals surface area (Å²) in [5.41, 5.74) is 3.14. The molecular formula is C23H22BN5O2. The Labute approximate surface area is 181 Å². The molecule has 1 amide bonds. The third-order valence-corrected chi connectivity index (χ3v) is 4.62. The van der Waals surface area contributed by atoms with E-state index in [0.29, 0.717) is 48.2 Å². The quantitative estimate of drug-likeness (QED) is 0.306. The summed E-state index contributed by atoms with van der Waals surface area (Å²) in [5, 5.41) is 6.94. The number of carbonyl (C=O) groups excluding carboxylic acids is 1. The van der Waals surface area contributed by atoms with Crippen LogP contribution in [0.1, 0.15) is 12.6 Å². The van der Waals surface area contributed by atoms with Crippen LogP contribution in [0.25, 0.3) is 22.4 Å². The minimum atomic E-state index is -0.0674. The lowest BCUT2D eigenvalue weighted by molar-refractivity contribution is -0.118. The molecule has 4 aromatic rings. The average molecular weight is 411 g/mol. The number of carbonyl (C=O) groups is 1. The third kappa shape index (κ3) is 5.22. The Balaban J connectivity index is 1.61. The van der Waals surface area contributed by atoms with Crippen molar-refractivity contribution in [2.45, 2.75) is 13.5 Å². The van der Waals surface area contributed by atoms with E-state index in [2.05, 4.69) is 15.6 Å². The van der Waals surface area contributed by atoms with Gasteiger partial charge in [-0.3, -0.25) is 4.79 Å². The van der Waals surface area contributed by atoms with E-state index >= 15 is 0 Å². The van der Waals surface area contributed by atoms with Gasteiger partial charge >= 0.3 is 0 Å². The summed E-state index contributed by atoms with van der Waals surface area (Å²) in [7, 11) is 5.82. The monoisotopic (exact) mass is 411 g/mol. The Bertz CT molecular complexity index is 1190. The normalized spacial score (nSPS) is 10.7. The molecule has 0 bridgehead atoms. The van der Waals surface area contributed by atoms with Crippen molar-refractivity contribution in [3.8, 4) is 17.1 Å². The lowest BCUT2D eigenvalue weighted by atomic mass is 9.96. The molecule has 31 heavy (non-hydrogen) atoms. The highest BCUT2D eigenvalue weighted by Gasteiger charge is 2.13. The molecule has 2 aromatic heterocycles. The van der Waals surface area contributed by atoms with Crippen LogP contribution in [-0.4, -0.2) is 41.8 Å². The van der Waals surface area contributed by atoms with Crippen LogP contribution in [0.15, 0.2) is 60.7 Å². The number of nitrogens with zero attached hydrogens (tertiary/aromatic N) is 2. The number of rotatable bonds is 8. The number of benzene rings is 2. The number of H-pyrrole nitrogens is 1. The molecule has 0 unspecified atom stereocenters. The van der Waals surface area contributed by atoms with Gasteiger partial charge in [0, 0.05) is 25.6 Å². The standard InChI is InChI=1S/C23H22BN5O2/c1-15(30)25-10-11-26-22-20-13-18(14-31-19-9-5-8-17(24)12-19)27-23(20)29-21(28-22)16-6-3-2-4-7-16/h2-9,12-13H,10-11,14H2,1H3,(H,25,30)(H2,26,27,28,29). The van der Waals surface area contributed by atoms with E-state index in [-0.39, 0.29) is 5.91 Å². The van der Waals surface area contributed by atoms with Crippen LogP contribution in [-0.2, 0) is 11.4 Å². The Morgan fingerprint density at radius 3 is 2.68 bits per heavy atom. The molecule has 0 atom stereocenters. The Hall–Kier alpha value is -3.81. The van der Waals surface area contributed by atoms with Crippen molar-refractivity contribution in [3.05, 3.63) is 66.4 Å². The lowest BCUT2D eigenvalue weighted by Gasteiger charge is -2.09. The first kappa shape index (κ1) is 20.5. The van der Waals surface area contributed by atoms with E-state index < -0.39 is 0 Å². The predicted octanol–water partition coefficient (Wildman–Crippen LogP) is 2.55. The fraction of sp³-hybridized carbons (Fsp3) is 0.174. The van der Waals surface area contributed by atoms with E-state index in [0.717, 1.165) is 16.6 Å². The highest BCUT2D eigenvalue weighted by molar-refractivity contribution is 6.32. The predicted molar refractivity (Wildman–Crippen MR) is 123 cm³/mol. The van der Waals surface area contributed by atoms with Gasteiger partial charge in [-0.1, -0.05) is 47.9 Å². The number of aromatic amines is 1. The number of anilines is 1. The number of fused-ring (bicyclic) bond motifs is 1. The molecule has 7 nitrogen and oxygen atoms in total. The van der Waals surface area contributed by atoms with Crippen molar-refractivity contribution in [3.63, 3.8) is 0 Å². The second-order valence-electron chi connectivity index (χ2n) is 7.09. The number of amides is 1. The highest BCUT2D eigenvalue weighted by Crippen LogP contribution is 2.26. The second kappa shape index (κ2) is 9.34. The van der Waals surface area contributed by atoms with Crippen LogP contribution in [0.2, 0.25) is 0 Å². The summed E-state index contributed by atoms with van der Waals surface area (Å²) in [5.74, 6) is 1.94. The first-order valence-electron chi connectivity index (χ1n) is 10.0. The summed E-state index contributed by atoms with van der Waals surface area (Å²) in [4.78, 5) is 23.9. The van der Waals surface area contributed by atoms with Crippen molar-refractivity contribution in [1.29, 1.82) is 0 Å². The van der Waals surface area contributed by atoms with Gasteiger partial charge in [-0.05, 0) is 18.2 Å². The van der Waals surface area contributed by atoms with Gasteiger partial charge in [0.25, 0.3) is 0 Å². The summed E-state index contributed by atoms with van der Waals surface area (Å²) in [6.07, 6.45) is 0. The molecule has 0 aliphatic rings.